The summed E-state index contributed by atoms with van der Waals surface area (Å²) >= 11 is 0. The fourth-order valence-electron chi connectivity index (χ4n) is 2.73. The van der Waals surface area contributed by atoms with Gasteiger partial charge in [0.1, 0.15) is 18.1 Å². The Hall–Kier alpha value is -2.95. The number of benzene rings is 1. The third kappa shape index (κ3) is 11.5. The van der Waals surface area contributed by atoms with Crippen LogP contribution in [0, 0.1) is 11.8 Å². The van der Waals surface area contributed by atoms with E-state index in [1.54, 1.807) is 0 Å². The van der Waals surface area contributed by atoms with Gasteiger partial charge >= 0.3 is 17.9 Å². The van der Waals surface area contributed by atoms with Crippen LogP contribution in [0.3, 0.4) is 0 Å². The van der Waals surface area contributed by atoms with Gasteiger partial charge in [-0.25, -0.2) is 0 Å². The zero-order chi connectivity index (χ0) is 25.7. The maximum Gasteiger partial charge on any atom is 0.320 e. The van der Waals surface area contributed by atoms with Crippen LogP contribution < -0.4 is 17.2 Å². The lowest BCUT2D eigenvalue weighted by Gasteiger charge is -2.11. The minimum Gasteiger partial charge on any atom is -0.480 e. The number of nitrogens with one attached hydrogen (secondary N) is 1. The van der Waals surface area contributed by atoms with Gasteiger partial charge in [0.25, 0.3) is 0 Å². The third-order valence-electron chi connectivity index (χ3n) is 5.02. The van der Waals surface area contributed by atoms with E-state index in [-0.39, 0.29) is 5.92 Å². The average molecular weight is 467 g/mol. The van der Waals surface area contributed by atoms with Gasteiger partial charge in [0.2, 0.25) is 0 Å². The van der Waals surface area contributed by atoms with Gasteiger partial charge in [-0.05, 0) is 29.9 Å². The Kier molecular flexibility index (Phi) is 13.6. The Morgan fingerprint density at radius 3 is 1.85 bits per heavy atom. The highest BCUT2D eigenvalue weighted by Crippen LogP contribution is 2.18. The Bertz CT molecular complexity index is 883. The number of carboxylic acids is 3. The molecule has 0 radical (unpaired) electrons. The van der Waals surface area contributed by atoms with E-state index in [2.05, 4.69) is 4.98 Å². The van der Waals surface area contributed by atoms with Crippen molar-refractivity contribution in [1.29, 1.82) is 0 Å². The second-order valence-corrected chi connectivity index (χ2v) is 8.33. The Morgan fingerprint density at radius 2 is 1.45 bits per heavy atom. The van der Waals surface area contributed by atoms with Gasteiger partial charge in [-0.2, -0.15) is 0 Å². The molecule has 1 aromatic heterocycles. The van der Waals surface area contributed by atoms with Gasteiger partial charge < -0.3 is 37.5 Å². The van der Waals surface area contributed by atoms with E-state index in [1.807, 2.05) is 58.2 Å². The van der Waals surface area contributed by atoms with Crippen LogP contribution in [0.4, 0.5) is 0 Å². The molecular formula is C23H38N4O6. The van der Waals surface area contributed by atoms with Crippen molar-refractivity contribution < 1.29 is 29.7 Å². The molecular weight excluding hydrogens is 428 g/mol. The van der Waals surface area contributed by atoms with Crippen LogP contribution in [0.25, 0.3) is 10.9 Å². The molecule has 1 aromatic carbocycles. The molecule has 0 aliphatic rings. The molecule has 0 amide bonds. The summed E-state index contributed by atoms with van der Waals surface area (Å²) in [5.74, 6) is -2.37. The van der Waals surface area contributed by atoms with Crippen molar-refractivity contribution in [2.75, 3.05) is 0 Å². The predicted octanol–water partition coefficient (Wildman–Crippen LogP) is 2.01. The van der Waals surface area contributed by atoms with E-state index in [0.29, 0.717) is 18.8 Å². The molecule has 33 heavy (non-hydrogen) atoms. The van der Waals surface area contributed by atoms with Crippen molar-refractivity contribution in [2.45, 2.75) is 65.1 Å². The van der Waals surface area contributed by atoms with Gasteiger partial charge in [-0.3, -0.25) is 14.4 Å². The molecule has 10 N–H and O–H groups in total. The number of aromatic amines is 1. The lowest BCUT2D eigenvalue weighted by molar-refractivity contribution is -0.140. The number of H-pyrrole nitrogens is 1. The zero-order valence-corrected chi connectivity index (χ0v) is 19.7. The van der Waals surface area contributed by atoms with Crippen molar-refractivity contribution in [2.24, 2.45) is 29.0 Å². The number of rotatable bonds is 9. The van der Waals surface area contributed by atoms with E-state index in [1.165, 1.54) is 0 Å². The first-order valence-electron chi connectivity index (χ1n) is 10.8. The van der Waals surface area contributed by atoms with Crippen LogP contribution >= 0.6 is 0 Å². The predicted molar refractivity (Wildman–Crippen MR) is 128 cm³/mol. The van der Waals surface area contributed by atoms with Crippen molar-refractivity contribution in [3.8, 4) is 0 Å². The fourth-order valence-corrected chi connectivity index (χ4v) is 2.73. The number of aliphatic carboxylic acids is 3. The van der Waals surface area contributed by atoms with Gasteiger partial charge in [0.15, 0.2) is 0 Å². The van der Waals surface area contributed by atoms with E-state index < -0.39 is 36.0 Å². The summed E-state index contributed by atoms with van der Waals surface area (Å²) in [7, 11) is 0. The van der Waals surface area contributed by atoms with Gasteiger partial charge in [0.05, 0.1) is 0 Å². The molecule has 0 aliphatic carbocycles. The first-order valence-corrected chi connectivity index (χ1v) is 10.8. The minimum atomic E-state index is -0.972. The summed E-state index contributed by atoms with van der Waals surface area (Å²) in [6.45, 7) is 7.65. The van der Waals surface area contributed by atoms with E-state index in [4.69, 9.17) is 32.5 Å². The normalized spacial score (nSPS) is 14.2. The maximum absolute atomic E-state index is 10.6. The number of carbonyl (C=O) groups is 3. The molecule has 4 atom stereocenters. The molecule has 0 saturated heterocycles. The lowest BCUT2D eigenvalue weighted by atomic mass is 10.0. The molecule has 0 spiro atoms. The molecule has 0 fully saturated rings. The summed E-state index contributed by atoms with van der Waals surface area (Å²) in [5.41, 5.74) is 17.9. The number of carboxylic acid groups (broad SMARTS) is 3. The number of hydrogen-bond acceptors (Lipinski definition) is 6. The van der Waals surface area contributed by atoms with Crippen LogP contribution in [0.5, 0.6) is 0 Å². The van der Waals surface area contributed by atoms with E-state index >= 15 is 0 Å². The summed E-state index contributed by atoms with van der Waals surface area (Å²) < 4.78 is 0. The topological polar surface area (TPSA) is 206 Å². The van der Waals surface area contributed by atoms with E-state index in [9.17, 15) is 14.4 Å². The number of hydrogen-bond donors (Lipinski definition) is 7. The summed E-state index contributed by atoms with van der Waals surface area (Å²) in [5, 5.41) is 26.4. The van der Waals surface area contributed by atoms with Crippen LogP contribution in [0.2, 0.25) is 0 Å². The second kappa shape index (κ2) is 15.0. The molecule has 2 rings (SSSR count). The fraction of sp³-hybridized carbons (Fsp3) is 0.522. The third-order valence-corrected chi connectivity index (χ3v) is 5.02. The highest BCUT2D eigenvalue weighted by atomic mass is 16.4. The quantitative estimate of drug-likeness (QED) is 0.288. The molecule has 2 aromatic rings. The largest absolute Gasteiger partial charge is 0.480 e. The maximum atomic E-state index is 10.6. The lowest BCUT2D eigenvalue weighted by Crippen LogP contribution is -2.36. The van der Waals surface area contributed by atoms with Crippen molar-refractivity contribution in [3.63, 3.8) is 0 Å². The summed E-state index contributed by atoms with van der Waals surface area (Å²) in [6.07, 6.45) is 3.52. The molecule has 0 aliphatic heterocycles. The van der Waals surface area contributed by atoms with Crippen molar-refractivity contribution in [3.05, 3.63) is 36.0 Å². The first kappa shape index (κ1) is 30.0. The number of aromatic nitrogens is 1. The monoisotopic (exact) mass is 466 g/mol. The molecule has 0 saturated carbocycles. The highest BCUT2D eigenvalue weighted by molar-refractivity contribution is 5.84. The van der Waals surface area contributed by atoms with Crippen LogP contribution in [-0.4, -0.2) is 56.3 Å². The standard InChI is InChI=1S/C11H12N2O2.2C6H13NO2/c12-9(11(14)15)5-7-6-13-10-4-2-1-3-8(7)10;1-4(2)3-5(7)6(8)9;1-3-4(2)5(7)6(8)9/h1-4,6,9,13H,5,12H2,(H,14,15);2*4-5H,3,7H2,1-2H3,(H,8,9). The number of nitrogens with two attached hydrogens (primary N) is 3. The summed E-state index contributed by atoms with van der Waals surface area (Å²) in [6, 6.07) is 5.52. The van der Waals surface area contributed by atoms with Gasteiger partial charge in [-0.1, -0.05) is 52.3 Å². The van der Waals surface area contributed by atoms with Gasteiger partial charge in [-0.15, -0.1) is 0 Å². The van der Waals surface area contributed by atoms with E-state index in [0.717, 1.165) is 22.9 Å². The smallest absolute Gasteiger partial charge is 0.320 e. The zero-order valence-electron chi connectivity index (χ0n) is 19.7. The van der Waals surface area contributed by atoms with Crippen LogP contribution in [0.1, 0.15) is 46.1 Å². The van der Waals surface area contributed by atoms with Crippen molar-refractivity contribution >= 4 is 28.8 Å². The Morgan fingerprint density at radius 1 is 0.909 bits per heavy atom. The SMILES string of the molecule is CC(C)CC(N)C(=O)O.CCC(C)C(N)C(=O)O.NC(Cc1c[nH]c2ccccc12)C(=O)O. The van der Waals surface area contributed by atoms with Gasteiger partial charge in [0, 0.05) is 23.5 Å². The second-order valence-electron chi connectivity index (χ2n) is 8.33. The Labute approximate surface area is 194 Å². The molecule has 0 bridgehead atoms. The molecule has 10 heteroatoms. The molecule has 4 unspecified atom stereocenters. The highest BCUT2D eigenvalue weighted by Gasteiger charge is 2.17. The first-order chi connectivity index (χ1) is 15.3. The van der Waals surface area contributed by atoms with Crippen LogP contribution in [-0.2, 0) is 20.8 Å². The molecule has 10 nitrogen and oxygen atoms in total. The van der Waals surface area contributed by atoms with Crippen molar-refractivity contribution in [1.82, 2.24) is 4.98 Å². The molecule has 186 valence electrons. The average Bonchev–Trinajstić information content (AvgIpc) is 3.15. The van der Waals surface area contributed by atoms with Crippen LogP contribution in [0.15, 0.2) is 30.5 Å². The minimum absolute atomic E-state index is 0.0718. The number of para-hydroxylation sites is 1. The summed E-state index contributed by atoms with van der Waals surface area (Å²) in [4.78, 5) is 34.0. The Balaban J connectivity index is 0.000000498. The number of fused-ring (bicyclic) bond motifs is 1. The molecule has 1 heterocycles.